The topological polar surface area (TPSA) is 126 Å². The summed E-state index contributed by atoms with van der Waals surface area (Å²) in [5, 5.41) is 0. The molecule has 1 rings (SSSR count). The molecule has 10 nitrogen and oxygen atoms in total. The van der Waals surface area contributed by atoms with Crippen LogP contribution in [0.4, 0.5) is 4.79 Å². The van der Waals surface area contributed by atoms with Crippen LogP contribution in [0.15, 0.2) is 12.7 Å². The predicted octanol–water partition coefficient (Wildman–Crippen LogP) is 0.471. The third-order valence-electron chi connectivity index (χ3n) is 3.64. The van der Waals surface area contributed by atoms with E-state index in [2.05, 4.69) is 6.58 Å². The normalized spacial score (nSPS) is 19.6. The number of nitrogens with zero attached hydrogens (tertiary/aromatic N) is 1. The second kappa shape index (κ2) is 10.3. The first-order valence-electron chi connectivity index (χ1n) is 8.40. The fraction of sp³-hybridized carbons (Fsp3) is 0.688. The Morgan fingerprint density at radius 2 is 1.70 bits per heavy atom. The van der Waals surface area contributed by atoms with E-state index < -0.39 is 46.2 Å². The van der Waals surface area contributed by atoms with Crippen molar-refractivity contribution in [2.75, 3.05) is 32.6 Å². The van der Waals surface area contributed by atoms with Crippen molar-refractivity contribution in [1.82, 2.24) is 4.90 Å². The van der Waals surface area contributed by atoms with Gasteiger partial charge in [-0.3, -0.25) is 13.8 Å². The summed E-state index contributed by atoms with van der Waals surface area (Å²) in [5.41, 5.74) is 0. The Hall–Kier alpha value is -2.14. The monoisotopic (exact) mass is 407 g/mol. The predicted molar refractivity (Wildman–Crippen MR) is 93.1 cm³/mol. The van der Waals surface area contributed by atoms with Crippen LogP contribution in [0, 0.1) is 5.92 Å². The number of hydrogen-bond acceptors (Lipinski definition) is 9. The molecule has 154 valence electrons. The van der Waals surface area contributed by atoms with E-state index in [1.807, 2.05) is 0 Å². The van der Waals surface area contributed by atoms with Crippen molar-refractivity contribution in [1.29, 1.82) is 0 Å². The molecular formula is C16H25NO9S. The van der Waals surface area contributed by atoms with E-state index in [0.29, 0.717) is 0 Å². The van der Waals surface area contributed by atoms with Crippen molar-refractivity contribution >= 4 is 28.1 Å². The zero-order chi connectivity index (χ0) is 20.6. The van der Waals surface area contributed by atoms with Crippen LogP contribution in [0.2, 0.25) is 0 Å². The summed E-state index contributed by atoms with van der Waals surface area (Å²) in [6.45, 7) is 6.34. The summed E-state index contributed by atoms with van der Waals surface area (Å²) >= 11 is 0. The molecule has 11 heteroatoms. The average molecular weight is 407 g/mol. The molecule has 0 radical (unpaired) electrons. The van der Waals surface area contributed by atoms with Crippen LogP contribution >= 0.6 is 0 Å². The first-order valence-corrected chi connectivity index (χ1v) is 10.2. The fourth-order valence-electron chi connectivity index (χ4n) is 2.76. The van der Waals surface area contributed by atoms with Crippen molar-refractivity contribution in [2.24, 2.45) is 5.92 Å². The third kappa shape index (κ3) is 6.83. The summed E-state index contributed by atoms with van der Waals surface area (Å²) in [7, 11) is -3.81. The molecule has 1 amide bonds. The molecule has 0 bridgehead atoms. The van der Waals surface area contributed by atoms with Crippen LogP contribution < -0.4 is 0 Å². The summed E-state index contributed by atoms with van der Waals surface area (Å²) in [4.78, 5) is 38.1. The average Bonchev–Trinajstić information content (AvgIpc) is 2.94. The van der Waals surface area contributed by atoms with Crippen molar-refractivity contribution in [3.8, 4) is 0 Å². The largest absolute Gasteiger partial charge is 0.465 e. The molecular weight excluding hydrogens is 382 g/mol. The van der Waals surface area contributed by atoms with Gasteiger partial charge < -0.3 is 19.1 Å². The van der Waals surface area contributed by atoms with E-state index in [4.69, 9.17) is 18.4 Å². The van der Waals surface area contributed by atoms with E-state index >= 15 is 0 Å². The van der Waals surface area contributed by atoms with E-state index in [-0.39, 0.29) is 32.8 Å². The molecule has 0 aromatic carbocycles. The van der Waals surface area contributed by atoms with Crippen LogP contribution in [0.1, 0.15) is 20.3 Å². The molecule has 27 heavy (non-hydrogen) atoms. The van der Waals surface area contributed by atoms with Gasteiger partial charge in [0, 0.05) is 0 Å². The third-order valence-corrected chi connectivity index (χ3v) is 4.26. The number of carbonyl (C=O) groups excluding carboxylic acids is 3. The number of ether oxygens (including phenoxy) is 3. The summed E-state index contributed by atoms with van der Waals surface area (Å²) < 4.78 is 42.6. The maximum absolute atomic E-state index is 12.3. The van der Waals surface area contributed by atoms with Crippen molar-refractivity contribution in [3.63, 3.8) is 0 Å². The molecule has 1 saturated heterocycles. The van der Waals surface area contributed by atoms with Crippen LogP contribution in [0.25, 0.3) is 0 Å². The SMILES string of the molecule is C=CCOC(=O)N1C[C@H](OS(C)(=O)=O)C[C@H]1C(C(=O)OCC)C(=O)OCC. The van der Waals surface area contributed by atoms with Gasteiger partial charge in [0.25, 0.3) is 10.1 Å². The lowest BCUT2D eigenvalue weighted by Gasteiger charge is -2.28. The molecule has 0 aromatic rings. The number of rotatable bonds is 9. The minimum Gasteiger partial charge on any atom is -0.465 e. The van der Waals surface area contributed by atoms with Crippen molar-refractivity contribution < 1.29 is 41.2 Å². The van der Waals surface area contributed by atoms with Gasteiger partial charge in [-0.25, -0.2) is 4.79 Å². The molecule has 0 aliphatic carbocycles. The van der Waals surface area contributed by atoms with E-state index in [1.165, 1.54) is 6.08 Å². The Labute approximate surface area is 158 Å². The summed E-state index contributed by atoms with van der Waals surface area (Å²) in [6.07, 6.45) is 0.362. The van der Waals surface area contributed by atoms with E-state index in [0.717, 1.165) is 11.2 Å². The maximum Gasteiger partial charge on any atom is 0.410 e. The van der Waals surface area contributed by atoms with Crippen LogP contribution in [0.5, 0.6) is 0 Å². The van der Waals surface area contributed by atoms with Crippen molar-refractivity contribution in [2.45, 2.75) is 32.4 Å². The Morgan fingerprint density at radius 1 is 1.15 bits per heavy atom. The van der Waals surface area contributed by atoms with Gasteiger partial charge in [0.15, 0.2) is 5.92 Å². The Morgan fingerprint density at radius 3 is 2.15 bits per heavy atom. The van der Waals surface area contributed by atoms with Gasteiger partial charge in [0.05, 0.1) is 38.2 Å². The Kier molecular flexibility index (Phi) is 8.70. The number of likely N-dealkylation sites (tertiary alicyclic amines) is 1. The highest BCUT2D eigenvalue weighted by Gasteiger charge is 2.49. The van der Waals surface area contributed by atoms with Crippen molar-refractivity contribution in [3.05, 3.63) is 12.7 Å². The smallest absolute Gasteiger partial charge is 0.410 e. The molecule has 1 aliphatic heterocycles. The standard InChI is InChI=1S/C16H25NO9S/c1-5-8-25-16(20)17-10-11(26-27(4,21)22)9-12(17)13(14(18)23-6-2)15(19)24-7-3/h5,11-13H,1,6-10H2,2-4H3/t11-,12+/m1/s1. The van der Waals surface area contributed by atoms with Gasteiger partial charge in [0.1, 0.15) is 6.61 Å². The molecule has 1 aliphatic rings. The van der Waals surface area contributed by atoms with Gasteiger partial charge in [-0.05, 0) is 20.3 Å². The first-order chi connectivity index (χ1) is 12.6. The van der Waals surface area contributed by atoms with Gasteiger partial charge in [-0.15, -0.1) is 0 Å². The molecule has 0 spiro atoms. The second-order valence-corrected chi connectivity index (χ2v) is 7.33. The summed E-state index contributed by atoms with van der Waals surface area (Å²) in [6, 6.07) is -1.04. The molecule has 1 fully saturated rings. The van der Waals surface area contributed by atoms with Gasteiger partial charge >= 0.3 is 18.0 Å². The minimum absolute atomic E-state index is 0.0195. The molecule has 0 unspecified atom stereocenters. The van der Waals surface area contributed by atoms with Gasteiger partial charge in [-0.2, -0.15) is 8.42 Å². The fourth-order valence-corrected chi connectivity index (χ4v) is 3.39. The van der Waals surface area contributed by atoms with Crippen LogP contribution in [-0.2, 0) is 38.1 Å². The van der Waals surface area contributed by atoms with E-state index in [9.17, 15) is 22.8 Å². The highest BCUT2D eigenvalue weighted by atomic mass is 32.2. The highest BCUT2D eigenvalue weighted by Crippen LogP contribution is 2.29. The van der Waals surface area contributed by atoms with Crippen LogP contribution in [0.3, 0.4) is 0 Å². The Bertz CT molecular complexity index is 643. The molecule has 0 aromatic heterocycles. The lowest BCUT2D eigenvalue weighted by Crippen LogP contribution is -2.47. The Balaban J connectivity index is 3.17. The number of esters is 2. The molecule has 1 heterocycles. The minimum atomic E-state index is -3.81. The molecule has 0 N–H and O–H groups in total. The number of hydrogen-bond donors (Lipinski definition) is 0. The molecule has 2 atom stereocenters. The maximum atomic E-state index is 12.3. The lowest BCUT2D eigenvalue weighted by atomic mass is 9.97. The zero-order valence-electron chi connectivity index (χ0n) is 15.6. The van der Waals surface area contributed by atoms with Gasteiger partial charge in [-0.1, -0.05) is 12.7 Å². The lowest BCUT2D eigenvalue weighted by molar-refractivity contribution is -0.164. The van der Waals surface area contributed by atoms with Crippen LogP contribution in [-0.4, -0.2) is 76.1 Å². The zero-order valence-corrected chi connectivity index (χ0v) is 16.4. The highest BCUT2D eigenvalue weighted by molar-refractivity contribution is 7.86. The van der Waals surface area contributed by atoms with Gasteiger partial charge in [0.2, 0.25) is 0 Å². The first kappa shape index (κ1) is 22.9. The van der Waals surface area contributed by atoms with E-state index in [1.54, 1.807) is 13.8 Å². The number of amides is 1. The molecule has 0 saturated carbocycles. The quantitative estimate of drug-likeness (QED) is 0.176. The second-order valence-electron chi connectivity index (χ2n) is 5.73. The summed E-state index contributed by atoms with van der Waals surface area (Å²) in [5.74, 6) is -3.20. The number of carbonyl (C=O) groups is 3.